The molecular formula is C6H12N6O14. The lowest BCUT2D eigenvalue weighted by atomic mass is 10.4. The molecule has 0 bridgehead atoms. The highest BCUT2D eigenvalue weighted by Crippen LogP contribution is 1.97. The van der Waals surface area contributed by atoms with Crippen molar-refractivity contribution in [2.24, 2.45) is 0 Å². The van der Waals surface area contributed by atoms with Crippen molar-refractivity contribution in [3.05, 3.63) is 40.5 Å². The topological polar surface area (TPSA) is 294 Å². The molecule has 0 heterocycles. The molecule has 0 radical (unpaired) electrons. The van der Waals surface area contributed by atoms with E-state index in [0.717, 1.165) is 0 Å². The molecule has 0 unspecified atom stereocenters. The Balaban J connectivity index is -0.000000551. The van der Waals surface area contributed by atoms with Crippen LogP contribution in [-0.2, 0) is 9.59 Å². The van der Waals surface area contributed by atoms with E-state index < -0.39 is 58.4 Å². The molecule has 0 aliphatic carbocycles. The number of carbonyl (C=O) groups excluding carboxylic acids is 2. The van der Waals surface area contributed by atoms with E-state index in [4.69, 9.17) is 40.9 Å². The highest BCUT2D eigenvalue weighted by molar-refractivity contribution is 6.34. The summed E-state index contributed by atoms with van der Waals surface area (Å²) in [5.74, 6) is -3.56. The number of rotatable bonds is 6. The molecule has 0 aliphatic heterocycles. The maximum atomic E-state index is 11.3. The average molecular weight is 392 g/mol. The van der Waals surface area contributed by atoms with Gasteiger partial charge in [0.2, 0.25) is 0 Å². The first-order valence-electron chi connectivity index (χ1n) is 5.63. The largest absolute Gasteiger partial charge is 0.394 e. The van der Waals surface area contributed by atoms with Gasteiger partial charge in [0.05, 0.1) is 13.2 Å². The highest BCUT2D eigenvalue weighted by atomic mass is 16.9. The summed E-state index contributed by atoms with van der Waals surface area (Å²) in [7, 11) is 0. The van der Waals surface area contributed by atoms with Gasteiger partial charge in [-0.1, -0.05) is 0 Å². The molecular weight excluding hydrogens is 380 g/mol. The Kier molecular flexibility index (Phi) is 15.2. The predicted octanol–water partition coefficient (Wildman–Crippen LogP) is -3.68. The summed E-state index contributed by atoms with van der Waals surface area (Å²) in [6.07, 6.45) is 0. The van der Waals surface area contributed by atoms with E-state index in [1.165, 1.54) is 0 Å². The van der Waals surface area contributed by atoms with Crippen molar-refractivity contribution in [3.8, 4) is 0 Å². The fourth-order valence-corrected chi connectivity index (χ4v) is 0.925. The third-order valence-corrected chi connectivity index (χ3v) is 1.67. The van der Waals surface area contributed by atoms with Crippen LogP contribution in [0.1, 0.15) is 0 Å². The zero-order valence-corrected chi connectivity index (χ0v) is 12.4. The van der Waals surface area contributed by atoms with Crippen LogP contribution < -0.4 is 0 Å². The van der Waals surface area contributed by atoms with Gasteiger partial charge >= 0.3 is 11.8 Å². The van der Waals surface area contributed by atoms with E-state index >= 15 is 0 Å². The number of hydrogen-bond acceptors (Lipinski definition) is 12. The Hall–Kier alpha value is -3.94. The van der Waals surface area contributed by atoms with Gasteiger partial charge in [-0.25, -0.2) is 20.2 Å². The van der Waals surface area contributed by atoms with E-state index in [1.54, 1.807) is 0 Å². The molecule has 0 aromatic carbocycles. The summed E-state index contributed by atoms with van der Waals surface area (Å²) in [6.45, 7) is -3.17. The average Bonchev–Trinajstić information content (AvgIpc) is 2.47. The molecule has 0 saturated heterocycles. The Labute approximate surface area is 140 Å². The molecule has 0 aromatic rings. The number of hydrazine groups is 2. The van der Waals surface area contributed by atoms with Crippen LogP contribution >= 0.6 is 0 Å². The second-order valence-corrected chi connectivity index (χ2v) is 3.26. The lowest BCUT2D eigenvalue weighted by molar-refractivity contribution is -0.742. The van der Waals surface area contributed by atoms with Crippen molar-refractivity contribution >= 4 is 11.8 Å². The Morgan fingerprint density at radius 1 is 0.692 bits per heavy atom. The summed E-state index contributed by atoms with van der Waals surface area (Å²) in [6, 6.07) is 0. The maximum absolute atomic E-state index is 11.3. The van der Waals surface area contributed by atoms with Crippen molar-refractivity contribution in [1.29, 1.82) is 0 Å². The van der Waals surface area contributed by atoms with Gasteiger partial charge in [-0.2, -0.15) is 0 Å². The van der Waals surface area contributed by atoms with E-state index in [9.17, 15) is 29.8 Å². The molecule has 20 nitrogen and oxygen atoms in total. The Bertz CT molecular complexity index is 468. The zero-order valence-electron chi connectivity index (χ0n) is 12.4. The van der Waals surface area contributed by atoms with Gasteiger partial charge in [0.1, 0.15) is 13.1 Å². The van der Waals surface area contributed by atoms with Gasteiger partial charge in [0.15, 0.2) is 10.1 Å². The lowest BCUT2D eigenvalue weighted by Gasteiger charge is -2.13. The number of nitro groups is 2. The number of aliphatic hydroxyl groups excluding tert-OH is 2. The fourth-order valence-electron chi connectivity index (χ4n) is 0.925. The van der Waals surface area contributed by atoms with Crippen molar-refractivity contribution in [3.63, 3.8) is 0 Å². The first-order chi connectivity index (χ1) is 11.8. The molecule has 0 aromatic heterocycles. The summed E-state index contributed by atoms with van der Waals surface area (Å²) < 4.78 is 0. The van der Waals surface area contributed by atoms with Crippen molar-refractivity contribution in [1.82, 2.24) is 10.0 Å². The van der Waals surface area contributed by atoms with Gasteiger partial charge in [-0.05, 0) is 10.0 Å². The van der Waals surface area contributed by atoms with Crippen LogP contribution in [0.25, 0.3) is 0 Å². The van der Waals surface area contributed by atoms with Crippen LogP contribution in [0.15, 0.2) is 0 Å². The molecule has 0 atom stereocenters. The standard InChI is InChI=1S/C6H10N4O8.2HNO3/c11-3-1-7(9(15)16)5(13)6(14)8(2-4-12)10(17)18;2*2-1(3)4/h11-12H,1-4H2;2*(H,2,3,4). The van der Waals surface area contributed by atoms with Crippen LogP contribution in [0, 0.1) is 40.5 Å². The van der Waals surface area contributed by atoms with Crippen LogP contribution in [0.5, 0.6) is 0 Å². The molecule has 0 rings (SSSR count). The van der Waals surface area contributed by atoms with Gasteiger partial charge < -0.3 is 20.6 Å². The van der Waals surface area contributed by atoms with E-state index in [-0.39, 0.29) is 10.0 Å². The van der Waals surface area contributed by atoms with Crippen molar-refractivity contribution < 1.29 is 50.5 Å². The molecule has 0 aliphatic rings. The summed E-state index contributed by atoms with van der Waals surface area (Å²) in [5, 5.41) is 62.0. The van der Waals surface area contributed by atoms with Gasteiger partial charge in [0.25, 0.3) is 10.2 Å². The monoisotopic (exact) mass is 392 g/mol. The van der Waals surface area contributed by atoms with Crippen molar-refractivity contribution in [2.45, 2.75) is 0 Å². The number of amides is 2. The number of aliphatic hydroxyl groups is 2. The van der Waals surface area contributed by atoms with Crippen molar-refractivity contribution in [2.75, 3.05) is 26.3 Å². The molecule has 0 saturated carbocycles. The fraction of sp³-hybridized carbons (Fsp3) is 0.667. The molecule has 2 amide bonds. The second kappa shape index (κ2) is 14.6. The first-order valence-corrected chi connectivity index (χ1v) is 5.63. The third kappa shape index (κ3) is 15.0. The predicted molar refractivity (Wildman–Crippen MR) is 69.1 cm³/mol. The summed E-state index contributed by atoms with van der Waals surface area (Å²) in [5.41, 5.74) is 0. The Morgan fingerprint density at radius 2 is 0.885 bits per heavy atom. The van der Waals surface area contributed by atoms with E-state index in [1.807, 2.05) is 0 Å². The van der Waals surface area contributed by atoms with Gasteiger partial charge in [-0.3, -0.25) is 9.59 Å². The SMILES string of the molecule is O=C(C(=O)N(CCO)[N+](=O)[O-])N(CCO)[N+](=O)[O-].O=[N+]([O-])O.O=[N+]([O-])O. The van der Waals surface area contributed by atoms with Crippen LogP contribution in [0.3, 0.4) is 0 Å². The molecule has 4 N–H and O–H groups in total. The molecule has 26 heavy (non-hydrogen) atoms. The van der Waals surface area contributed by atoms with Gasteiger partial charge in [0, 0.05) is 0 Å². The minimum atomic E-state index is -1.78. The molecule has 0 spiro atoms. The van der Waals surface area contributed by atoms with E-state index in [0.29, 0.717) is 0 Å². The number of hydrogen-bond donors (Lipinski definition) is 4. The molecule has 0 fully saturated rings. The number of nitrogens with zero attached hydrogens (tertiary/aromatic N) is 6. The minimum absolute atomic E-state index is 0.254. The van der Waals surface area contributed by atoms with E-state index in [2.05, 4.69) is 0 Å². The zero-order chi connectivity index (χ0) is 21.4. The third-order valence-electron chi connectivity index (χ3n) is 1.67. The van der Waals surface area contributed by atoms with Crippen LogP contribution in [0.2, 0.25) is 0 Å². The minimum Gasteiger partial charge on any atom is -0.394 e. The Morgan fingerprint density at radius 3 is 1.00 bits per heavy atom. The number of carbonyl (C=O) groups is 2. The highest BCUT2D eigenvalue weighted by Gasteiger charge is 2.38. The smallest absolute Gasteiger partial charge is 0.376 e. The van der Waals surface area contributed by atoms with Crippen LogP contribution in [-0.4, -0.2) is 89.0 Å². The maximum Gasteiger partial charge on any atom is 0.376 e. The molecule has 20 heteroatoms. The summed E-state index contributed by atoms with van der Waals surface area (Å²) in [4.78, 5) is 60.1. The summed E-state index contributed by atoms with van der Waals surface area (Å²) >= 11 is 0. The van der Waals surface area contributed by atoms with Crippen LogP contribution in [0.4, 0.5) is 0 Å². The quantitative estimate of drug-likeness (QED) is 0.192. The van der Waals surface area contributed by atoms with Gasteiger partial charge in [-0.15, -0.1) is 20.2 Å². The lowest BCUT2D eigenvalue weighted by Crippen LogP contribution is -2.50. The second-order valence-electron chi connectivity index (χ2n) is 3.26. The normalized spacial score (nSPS) is 8.54. The molecule has 150 valence electrons. The first kappa shape index (κ1) is 26.9.